The van der Waals surface area contributed by atoms with Crippen LogP contribution in [-0.4, -0.2) is 44.7 Å². The van der Waals surface area contributed by atoms with E-state index in [1.807, 2.05) is 6.07 Å². The molecule has 4 rings (SSSR count). The normalized spacial score (nSPS) is 15.2. The lowest BCUT2D eigenvalue weighted by atomic mass is 10.00. The summed E-state index contributed by atoms with van der Waals surface area (Å²) in [5.41, 5.74) is 1.72. The number of benzene rings is 2. The average Bonchev–Trinajstić information content (AvgIpc) is 3.11. The van der Waals surface area contributed by atoms with Crippen LogP contribution in [0.4, 0.5) is 4.39 Å². The molecular weight excluding hydrogens is 407 g/mol. The van der Waals surface area contributed by atoms with Gasteiger partial charge in [0, 0.05) is 31.1 Å². The summed E-state index contributed by atoms with van der Waals surface area (Å²) in [5, 5.41) is 13.7. The summed E-state index contributed by atoms with van der Waals surface area (Å²) in [4.78, 5) is 2.43. The molecule has 0 atom stereocenters. The maximum absolute atomic E-state index is 13.2. The molecule has 0 radical (unpaired) electrons. The molecule has 7 nitrogen and oxygen atoms in total. The van der Waals surface area contributed by atoms with Crippen LogP contribution in [-0.2, 0) is 16.4 Å². The number of halogens is 1. The van der Waals surface area contributed by atoms with Crippen LogP contribution in [0, 0.1) is 23.1 Å². The first-order chi connectivity index (χ1) is 14.4. The molecule has 0 saturated carbocycles. The van der Waals surface area contributed by atoms with Crippen LogP contribution >= 0.6 is 0 Å². The standard InChI is InChI=1S/C21H21FN4O3S/c22-17-5-8-19-20(25-29-21(19)10-17)2-1-9-26-13-16(14-26)12-24-30(27,28)18-6-3-15(11-23)4-7-18/h3-8,10,16,24H,1-2,9,12-14H2. The van der Waals surface area contributed by atoms with Crippen molar-refractivity contribution < 1.29 is 17.3 Å². The Kier molecular flexibility index (Phi) is 5.81. The Labute approximate surface area is 174 Å². The van der Waals surface area contributed by atoms with Crippen molar-refractivity contribution in [2.45, 2.75) is 17.7 Å². The minimum Gasteiger partial charge on any atom is -0.356 e. The number of likely N-dealkylation sites (tertiary alicyclic amines) is 1. The van der Waals surface area contributed by atoms with Gasteiger partial charge in [0.15, 0.2) is 5.58 Å². The molecule has 0 spiro atoms. The van der Waals surface area contributed by atoms with Gasteiger partial charge in [-0.1, -0.05) is 5.16 Å². The Hall–Kier alpha value is -2.80. The maximum atomic E-state index is 13.2. The molecule has 3 aromatic rings. The van der Waals surface area contributed by atoms with E-state index in [1.54, 1.807) is 6.07 Å². The zero-order valence-corrected chi connectivity index (χ0v) is 17.0. The van der Waals surface area contributed by atoms with Crippen LogP contribution in [0.1, 0.15) is 17.7 Å². The number of nitrogens with zero attached hydrogens (tertiary/aromatic N) is 3. The number of hydrogen-bond acceptors (Lipinski definition) is 6. The molecule has 2 aromatic carbocycles. The van der Waals surface area contributed by atoms with E-state index in [0.717, 1.165) is 43.6 Å². The number of nitriles is 1. The molecule has 1 aliphatic rings. The van der Waals surface area contributed by atoms with Gasteiger partial charge in [0.2, 0.25) is 10.0 Å². The van der Waals surface area contributed by atoms with E-state index in [2.05, 4.69) is 14.8 Å². The number of hydrogen-bond donors (Lipinski definition) is 1. The summed E-state index contributed by atoms with van der Waals surface area (Å²) >= 11 is 0. The van der Waals surface area contributed by atoms with Crippen molar-refractivity contribution in [3.8, 4) is 6.07 Å². The monoisotopic (exact) mass is 428 g/mol. The molecule has 1 aliphatic heterocycles. The Balaban J connectivity index is 1.19. The SMILES string of the molecule is N#Cc1ccc(S(=O)(=O)NCC2CN(CCCc3noc4cc(F)ccc34)C2)cc1. The molecule has 1 N–H and O–H groups in total. The molecular formula is C21H21FN4O3S. The highest BCUT2D eigenvalue weighted by molar-refractivity contribution is 7.89. The van der Waals surface area contributed by atoms with Gasteiger partial charge >= 0.3 is 0 Å². The summed E-state index contributed by atoms with van der Waals surface area (Å²) in [6.07, 6.45) is 1.63. The lowest BCUT2D eigenvalue weighted by Gasteiger charge is -2.39. The number of fused-ring (bicyclic) bond motifs is 1. The van der Waals surface area contributed by atoms with Gasteiger partial charge in [0.25, 0.3) is 0 Å². The van der Waals surface area contributed by atoms with E-state index in [0.29, 0.717) is 17.7 Å². The third-order valence-electron chi connectivity index (χ3n) is 5.29. The van der Waals surface area contributed by atoms with Crippen molar-refractivity contribution >= 4 is 21.0 Å². The molecule has 1 aromatic heterocycles. The third-order valence-corrected chi connectivity index (χ3v) is 6.72. The lowest BCUT2D eigenvalue weighted by Crippen LogP contribution is -2.51. The summed E-state index contributed by atoms with van der Waals surface area (Å²) in [6.45, 7) is 2.94. The average molecular weight is 428 g/mol. The molecule has 0 unspecified atom stereocenters. The fraction of sp³-hybridized carbons (Fsp3) is 0.333. The van der Waals surface area contributed by atoms with Crippen LogP contribution in [0.25, 0.3) is 11.0 Å². The quantitative estimate of drug-likeness (QED) is 0.592. The predicted molar refractivity (Wildman–Crippen MR) is 109 cm³/mol. The van der Waals surface area contributed by atoms with Crippen LogP contribution in [0.15, 0.2) is 51.9 Å². The second-order valence-corrected chi connectivity index (χ2v) is 9.25. The minimum absolute atomic E-state index is 0.164. The number of sulfonamides is 1. The highest BCUT2D eigenvalue weighted by atomic mass is 32.2. The molecule has 156 valence electrons. The molecule has 0 amide bonds. The van der Waals surface area contributed by atoms with Crippen molar-refractivity contribution in [2.24, 2.45) is 5.92 Å². The first-order valence-corrected chi connectivity index (χ1v) is 11.2. The van der Waals surface area contributed by atoms with Crippen LogP contribution in [0.2, 0.25) is 0 Å². The van der Waals surface area contributed by atoms with Gasteiger partial charge in [0.1, 0.15) is 5.82 Å². The summed E-state index contributed by atoms with van der Waals surface area (Å²) < 4.78 is 45.7. The van der Waals surface area contributed by atoms with E-state index in [9.17, 15) is 12.8 Å². The molecule has 30 heavy (non-hydrogen) atoms. The first-order valence-electron chi connectivity index (χ1n) is 9.70. The summed E-state index contributed by atoms with van der Waals surface area (Å²) in [5.74, 6) is -0.0689. The zero-order chi connectivity index (χ0) is 21.1. The van der Waals surface area contributed by atoms with E-state index in [-0.39, 0.29) is 16.6 Å². The first kappa shape index (κ1) is 20.5. The Morgan fingerprint density at radius 2 is 2.00 bits per heavy atom. The van der Waals surface area contributed by atoms with Crippen molar-refractivity contribution in [3.05, 3.63) is 59.5 Å². The highest BCUT2D eigenvalue weighted by Gasteiger charge is 2.27. The van der Waals surface area contributed by atoms with Gasteiger partial charge in [-0.25, -0.2) is 17.5 Å². The number of rotatable bonds is 8. The Bertz CT molecular complexity index is 1180. The van der Waals surface area contributed by atoms with Crippen LogP contribution in [0.3, 0.4) is 0 Å². The molecule has 0 aliphatic carbocycles. The molecule has 9 heteroatoms. The molecule has 2 heterocycles. The maximum Gasteiger partial charge on any atom is 0.240 e. The van der Waals surface area contributed by atoms with Gasteiger partial charge < -0.3 is 9.42 Å². The van der Waals surface area contributed by atoms with Crippen LogP contribution in [0.5, 0.6) is 0 Å². The number of aryl methyl sites for hydroxylation is 1. The number of nitrogens with one attached hydrogen (secondary N) is 1. The minimum atomic E-state index is -3.57. The van der Waals surface area contributed by atoms with E-state index in [1.165, 1.54) is 36.4 Å². The number of aromatic nitrogens is 1. The van der Waals surface area contributed by atoms with Gasteiger partial charge in [-0.3, -0.25) is 0 Å². The van der Waals surface area contributed by atoms with Crippen LogP contribution < -0.4 is 4.72 Å². The lowest BCUT2D eigenvalue weighted by molar-refractivity contribution is 0.102. The largest absolute Gasteiger partial charge is 0.356 e. The Morgan fingerprint density at radius 3 is 2.73 bits per heavy atom. The summed E-state index contributed by atoms with van der Waals surface area (Å²) in [6, 6.07) is 12.3. The molecule has 1 fully saturated rings. The summed E-state index contributed by atoms with van der Waals surface area (Å²) in [7, 11) is -3.57. The van der Waals surface area contributed by atoms with Gasteiger partial charge in [-0.15, -0.1) is 0 Å². The highest BCUT2D eigenvalue weighted by Crippen LogP contribution is 2.22. The second kappa shape index (κ2) is 8.52. The fourth-order valence-electron chi connectivity index (χ4n) is 3.62. The van der Waals surface area contributed by atoms with Crippen molar-refractivity contribution in [1.29, 1.82) is 5.26 Å². The van der Waals surface area contributed by atoms with E-state index in [4.69, 9.17) is 9.78 Å². The topological polar surface area (TPSA) is 99.2 Å². The zero-order valence-electron chi connectivity index (χ0n) is 16.2. The molecule has 0 bridgehead atoms. The second-order valence-electron chi connectivity index (χ2n) is 7.49. The third kappa shape index (κ3) is 4.51. The van der Waals surface area contributed by atoms with Gasteiger partial charge in [-0.2, -0.15) is 5.26 Å². The Morgan fingerprint density at radius 1 is 1.23 bits per heavy atom. The predicted octanol–water partition coefficient (Wildman–Crippen LogP) is 2.68. The van der Waals surface area contributed by atoms with Gasteiger partial charge in [0.05, 0.1) is 22.2 Å². The van der Waals surface area contributed by atoms with Crippen molar-refractivity contribution in [2.75, 3.05) is 26.2 Å². The van der Waals surface area contributed by atoms with Gasteiger partial charge in [-0.05, 0) is 61.7 Å². The smallest absolute Gasteiger partial charge is 0.240 e. The fourth-order valence-corrected chi connectivity index (χ4v) is 4.74. The van der Waals surface area contributed by atoms with E-state index >= 15 is 0 Å². The van der Waals surface area contributed by atoms with Crippen molar-refractivity contribution in [1.82, 2.24) is 14.8 Å². The van der Waals surface area contributed by atoms with Crippen molar-refractivity contribution in [3.63, 3.8) is 0 Å². The van der Waals surface area contributed by atoms with E-state index < -0.39 is 10.0 Å². The molecule has 1 saturated heterocycles.